The molecule has 0 N–H and O–H groups in total. The Morgan fingerprint density at radius 3 is 3.00 bits per heavy atom. The fourth-order valence-electron chi connectivity index (χ4n) is 1.06. The van der Waals surface area contributed by atoms with Crippen molar-refractivity contribution in [1.29, 1.82) is 5.26 Å². The fraction of sp³-hybridized carbons (Fsp3) is 0.400. The lowest BCUT2D eigenvalue weighted by Crippen LogP contribution is -1.99. The van der Waals surface area contributed by atoms with Crippen molar-refractivity contribution in [2.45, 2.75) is 25.9 Å². The Hall–Kier alpha value is -1.56. The van der Waals surface area contributed by atoms with Crippen LogP contribution >= 0.6 is 0 Å². The Bertz CT molecular complexity index is 364. The number of pyridine rings is 1. The van der Waals surface area contributed by atoms with Crippen LogP contribution in [0.25, 0.3) is 0 Å². The predicted molar refractivity (Wildman–Crippen MR) is 47.3 cm³/mol. The molecule has 1 aliphatic rings. The molecule has 0 bridgehead atoms. The predicted octanol–water partition coefficient (Wildman–Crippen LogP) is 1.80. The van der Waals surface area contributed by atoms with Crippen LogP contribution in [-0.2, 0) is 0 Å². The molecule has 0 saturated heterocycles. The third-order valence-electron chi connectivity index (χ3n) is 1.99. The molecule has 3 heteroatoms. The van der Waals surface area contributed by atoms with E-state index < -0.39 is 0 Å². The SMILES string of the molecule is Cc1ncc(C#N)cc1OC1CC1. The standard InChI is InChI=1S/C10H10N2O/c1-7-10(13-9-2-3-9)4-8(5-11)6-12-7/h4,6,9H,2-3H2,1H3. The van der Waals surface area contributed by atoms with Gasteiger partial charge in [-0.05, 0) is 19.8 Å². The van der Waals surface area contributed by atoms with Gasteiger partial charge in [0.25, 0.3) is 0 Å². The fourth-order valence-corrected chi connectivity index (χ4v) is 1.06. The van der Waals surface area contributed by atoms with Gasteiger partial charge in [-0.15, -0.1) is 0 Å². The molecular weight excluding hydrogens is 164 g/mol. The maximum atomic E-state index is 8.66. The molecule has 0 unspecified atom stereocenters. The third kappa shape index (κ3) is 1.78. The molecule has 3 nitrogen and oxygen atoms in total. The molecule has 0 atom stereocenters. The number of rotatable bonds is 2. The van der Waals surface area contributed by atoms with Crippen molar-refractivity contribution in [2.75, 3.05) is 0 Å². The first-order valence-corrected chi connectivity index (χ1v) is 4.33. The minimum absolute atomic E-state index is 0.356. The van der Waals surface area contributed by atoms with Crippen molar-refractivity contribution in [2.24, 2.45) is 0 Å². The van der Waals surface area contributed by atoms with Crippen LogP contribution < -0.4 is 4.74 Å². The second-order valence-electron chi connectivity index (χ2n) is 3.24. The zero-order valence-corrected chi connectivity index (χ0v) is 7.45. The van der Waals surface area contributed by atoms with Crippen LogP contribution in [0.4, 0.5) is 0 Å². The molecule has 1 saturated carbocycles. The van der Waals surface area contributed by atoms with Crippen LogP contribution in [0.1, 0.15) is 24.1 Å². The maximum absolute atomic E-state index is 8.66. The van der Waals surface area contributed by atoms with Gasteiger partial charge in [-0.25, -0.2) is 0 Å². The van der Waals surface area contributed by atoms with Gasteiger partial charge in [0.1, 0.15) is 11.8 Å². The summed E-state index contributed by atoms with van der Waals surface area (Å²) in [6, 6.07) is 3.80. The lowest BCUT2D eigenvalue weighted by atomic mass is 10.2. The molecule has 2 rings (SSSR count). The van der Waals surface area contributed by atoms with Crippen LogP contribution in [0.5, 0.6) is 5.75 Å². The van der Waals surface area contributed by atoms with Crippen molar-refractivity contribution >= 4 is 0 Å². The van der Waals surface area contributed by atoms with Gasteiger partial charge in [0.05, 0.1) is 17.4 Å². The summed E-state index contributed by atoms with van der Waals surface area (Å²) in [6.45, 7) is 1.89. The quantitative estimate of drug-likeness (QED) is 0.686. The highest BCUT2D eigenvalue weighted by Crippen LogP contribution is 2.28. The molecule has 1 aliphatic carbocycles. The number of hydrogen-bond acceptors (Lipinski definition) is 3. The normalized spacial score (nSPS) is 15.1. The van der Waals surface area contributed by atoms with E-state index in [4.69, 9.17) is 10.00 Å². The number of nitriles is 1. The first-order valence-electron chi connectivity index (χ1n) is 4.33. The van der Waals surface area contributed by atoms with Crippen LogP contribution in [0, 0.1) is 18.3 Å². The van der Waals surface area contributed by atoms with E-state index in [1.165, 1.54) is 0 Å². The smallest absolute Gasteiger partial charge is 0.142 e. The van der Waals surface area contributed by atoms with Gasteiger partial charge in [0, 0.05) is 12.3 Å². The summed E-state index contributed by atoms with van der Waals surface area (Å²) < 4.78 is 5.58. The highest BCUT2D eigenvalue weighted by Gasteiger charge is 2.24. The first kappa shape index (κ1) is 8.06. The van der Waals surface area contributed by atoms with Crippen molar-refractivity contribution in [3.05, 3.63) is 23.5 Å². The van der Waals surface area contributed by atoms with Gasteiger partial charge in [-0.3, -0.25) is 4.98 Å². The molecule has 0 aliphatic heterocycles. The Kier molecular flexibility index (Phi) is 1.90. The highest BCUT2D eigenvalue weighted by molar-refractivity contribution is 5.37. The molecule has 1 heterocycles. The van der Waals surface area contributed by atoms with Crippen molar-refractivity contribution in [3.8, 4) is 11.8 Å². The van der Waals surface area contributed by atoms with E-state index in [0.29, 0.717) is 11.7 Å². The average molecular weight is 174 g/mol. The van der Waals surface area contributed by atoms with E-state index in [1.807, 2.05) is 13.0 Å². The van der Waals surface area contributed by atoms with E-state index in [-0.39, 0.29) is 0 Å². The summed E-state index contributed by atoms with van der Waals surface area (Å²) in [4.78, 5) is 4.08. The molecular formula is C10H10N2O. The third-order valence-corrected chi connectivity index (χ3v) is 1.99. The van der Waals surface area contributed by atoms with E-state index in [1.54, 1.807) is 12.3 Å². The molecule has 66 valence electrons. The van der Waals surface area contributed by atoms with Gasteiger partial charge in [-0.1, -0.05) is 0 Å². The Morgan fingerprint density at radius 1 is 1.62 bits per heavy atom. The number of hydrogen-bond donors (Lipinski definition) is 0. The van der Waals surface area contributed by atoms with E-state index in [9.17, 15) is 0 Å². The zero-order chi connectivity index (χ0) is 9.26. The lowest BCUT2D eigenvalue weighted by molar-refractivity contribution is 0.299. The summed E-state index contributed by atoms with van der Waals surface area (Å²) in [6.07, 6.45) is 4.16. The minimum Gasteiger partial charge on any atom is -0.488 e. The van der Waals surface area contributed by atoms with Gasteiger partial charge >= 0.3 is 0 Å². The topological polar surface area (TPSA) is 45.9 Å². The van der Waals surface area contributed by atoms with Crippen LogP contribution in [-0.4, -0.2) is 11.1 Å². The van der Waals surface area contributed by atoms with Gasteiger partial charge in [0.15, 0.2) is 0 Å². The highest BCUT2D eigenvalue weighted by atomic mass is 16.5. The van der Waals surface area contributed by atoms with E-state index in [2.05, 4.69) is 4.98 Å². The summed E-state index contributed by atoms with van der Waals surface area (Å²) >= 11 is 0. The summed E-state index contributed by atoms with van der Waals surface area (Å²) in [7, 11) is 0. The van der Waals surface area contributed by atoms with E-state index in [0.717, 1.165) is 24.3 Å². The summed E-state index contributed by atoms with van der Waals surface area (Å²) in [5.41, 5.74) is 1.41. The Balaban J connectivity index is 2.25. The molecule has 1 fully saturated rings. The van der Waals surface area contributed by atoms with E-state index >= 15 is 0 Å². The molecule has 0 aromatic carbocycles. The van der Waals surface area contributed by atoms with Gasteiger partial charge < -0.3 is 4.74 Å². The number of aromatic nitrogens is 1. The minimum atomic E-state index is 0.356. The second-order valence-corrected chi connectivity index (χ2v) is 3.24. The average Bonchev–Trinajstić information content (AvgIpc) is 2.93. The van der Waals surface area contributed by atoms with Crippen LogP contribution in [0.15, 0.2) is 12.3 Å². The summed E-state index contributed by atoms with van der Waals surface area (Å²) in [5.74, 6) is 0.751. The van der Waals surface area contributed by atoms with Crippen LogP contribution in [0.2, 0.25) is 0 Å². The molecule has 1 aromatic rings. The molecule has 0 spiro atoms. The first-order chi connectivity index (χ1) is 6.29. The lowest BCUT2D eigenvalue weighted by Gasteiger charge is -2.06. The number of nitrogens with zero attached hydrogens (tertiary/aromatic N) is 2. The Morgan fingerprint density at radius 2 is 2.38 bits per heavy atom. The van der Waals surface area contributed by atoms with Crippen LogP contribution in [0.3, 0.4) is 0 Å². The monoisotopic (exact) mass is 174 g/mol. The van der Waals surface area contributed by atoms with Crippen molar-refractivity contribution in [3.63, 3.8) is 0 Å². The number of ether oxygens (including phenoxy) is 1. The molecule has 0 radical (unpaired) electrons. The summed E-state index contributed by atoms with van der Waals surface area (Å²) in [5, 5.41) is 8.66. The number of aryl methyl sites for hydroxylation is 1. The zero-order valence-electron chi connectivity index (χ0n) is 7.45. The maximum Gasteiger partial charge on any atom is 0.142 e. The van der Waals surface area contributed by atoms with Crippen molar-refractivity contribution in [1.82, 2.24) is 4.98 Å². The van der Waals surface area contributed by atoms with Gasteiger partial charge in [0.2, 0.25) is 0 Å². The largest absolute Gasteiger partial charge is 0.488 e. The molecule has 13 heavy (non-hydrogen) atoms. The van der Waals surface area contributed by atoms with Crippen molar-refractivity contribution < 1.29 is 4.74 Å². The second kappa shape index (κ2) is 3.06. The molecule has 1 aromatic heterocycles. The van der Waals surface area contributed by atoms with Gasteiger partial charge in [-0.2, -0.15) is 5.26 Å². The molecule has 0 amide bonds. The Labute approximate surface area is 77.0 Å².